The minimum absolute atomic E-state index is 0.0445. The van der Waals surface area contributed by atoms with E-state index in [0.29, 0.717) is 5.01 Å². The summed E-state index contributed by atoms with van der Waals surface area (Å²) in [4.78, 5) is 25.1. The van der Waals surface area contributed by atoms with Crippen LogP contribution in [0.15, 0.2) is 29.8 Å². The molecule has 0 radical (unpaired) electrons. The zero-order chi connectivity index (χ0) is 13.8. The van der Waals surface area contributed by atoms with Crippen molar-refractivity contribution in [1.82, 2.24) is 4.98 Å². The predicted octanol–water partition coefficient (Wildman–Crippen LogP) is 2.33. The van der Waals surface area contributed by atoms with E-state index < -0.39 is 22.1 Å². The number of ether oxygens (including phenoxy) is 1. The number of nitro groups is 1. The number of aromatic carboxylic acids is 1. The monoisotopic (exact) mass is 280 g/mol. The Bertz CT molecular complexity index is 612. The number of nitrogens with zero attached hydrogens (tertiary/aromatic N) is 2. The van der Waals surface area contributed by atoms with Crippen molar-refractivity contribution in [2.24, 2.45) is 0 Å². The lowest BCUT2D eigenvalue weighted by Gasteiger charge is -2.07. The van der Waals surface area contributed by atoms with Gasteiger partial charge in [-0.2, -0.15) is 0 Å². The highest BCUT2D eigenvalue weighted by Crippen LogP contribution is 2.28. The summed E-state index contributed by atoms with van der Waals surface area (Å²) in [5, 5.41) is 22.3. The number of aromatic nitrogens is 1. The third kappa shape index (κ3) is 2.86. The summed E-state index contributed by atoms with van der Waals surface area (Å²) >= 11 is 1.35. The van der Waals surface area contributed by atoms with Crippen LogP contribution in [0.2, 0.25) is 0 Å². The number of carbonyl (C=O) groups is 1. The van der Waals surface area contributed by atoms with Crippen LogP contribution >= 0.6 is 11.3 Å². The number of carboxylic acids is 1. The van der Waals surface area contributed by atoms with E-state index in [4.69, 9.17) is 9.84 Å². The molecule has 0 atom stereocenters. The van der Waals surface area contributed by atoms with Crippen LogP contribution in [0.4, 0.5) is 5.69 Å². The highest BCUT2D eigenvalue weighted by Gasteiger charge is 2.24. The number of nitro benzene ring substituents is 1. The highest BCUT2D eigenvalue weighted by molar-refractivity contribution is 7.09. The van der Waals surface area contributed by atoms with Gasteiger partial charge in [0.05, 0.1) is 4.92 Å². The van der Waals surface area contributed by atoms with E-state index in [-0.39, 0.29) is 12.4 Å². The molecule has 1 aromatic carbocycles. The molecule has 0 unspecified atom stereocenters. The van der Waals surface area contributed by atoms with Crippen LogP contribution in [0.1, 0.15) is 15.4 Å². The topological polar surface area (TPSA) is 103 Å². The SMILES string of the molecule is O=C(O)c1c(OCc2nccs2)cccc1[N+](=O)[O-]. The zero-order valence-corrected chi connectivity index (χ0v) is 10.3. The second kappa shape index (κ2) is 5.44. The summed E-state index contributed by atoms with van der Waals surface area (Å²) in [5.41, 5.74) is -0.951. The summed E-state index contributed by atoms with van der Waals surface area (Å²) in [6.45, 7) is 0.0686. The van der Waals surface area contributed by atoms with Crippen molar-refractivity contribution in [3.05, 3.63) is 50.5 Å². The Balaban J connectivity index is 2.31. The van der Waals surface area contributed by atoms with Crippen LogP contribution in [-0.4, -0.2) is 21.0 Å². The van der Waals surface area contributed by atoms with E-state index in [1.807, 2.05) is 0 Å². The van der Waals surface area contributed by atoms with Crippen molar-refractivity contribution in [2.75, 3.05) is 0 Å². The van der Waals surface area contributed by atoms with Gasteiger partial charge in [-0.25, -0.2) is 9.78 Å². The van der Waals surface area contributed by atoms with Crippen molar-refractivity contribution < 1.29 is 19.6 Å². The fourth-order valence-electron chi connectivity index (χ4n) is 1.47. The third-order valence-electron chi connectivity index (χ3n) is 2.25. The molecule has 0 amide bonds. The van der Waals surface area contributed by atoms with Gasteiger partial charge in [0, 0.05) is 17.6 Å². The molecule has 0 saturated heterocycles. The normalized spacial score (nSPS) is 10.1. The van der Waals surface area contributed by atoms with Crippen LogP contribution in [0.5, 0.6) is 5.75 Å². The number of thiazole rings is 1. The van der Waals surface area contributed by atoms with E-state index in [0.717, 1.165) is 6.07 Å². The van der Waals surface area contributed by atoms with Gasteiger partial charge in [0.1, 0.15) is 17.4 Å². The minimum atomic E-state index is -1.40. The molecular formula is C11H8N2O5S. The Morgan fingerprint density at radius 3 is 2.89 bits per heavy atom. The van der Waals surface area contributed by atoms with Gasteiger partial charge in [-0.3, -0.25) is 10.1 Å². The molecule has 0 fully saturated rings. The molecule has 0 aliphatic rings. The molecule has 0 aliphatic heterocycles. The maximum Gasteiger partial charge on any atom is 0.346 e. The van der Waals surface area contributed by atoms with Gasteiger partial charge in [-0.1, -0.05) is 6.07 Å². The van der Waals surface area contributed by atoms with Crippen molar-refractivity contribution in [3.8, 4) is 5.75 Å². The van der Waals surface area contributed by atoms with Crippen LogP contribution in [0.3, 0.4) is 0 Å². The van der Waals surface area contributed by atoms with Gasteiger partial charge >= 0.3 is 5.97 Å². The molecule has 2 rings (SSSR count). The number of hydrogen-bond donors (Lipinski definition) is 1. The van der Waals surface area contributed by atoms with Gasteiger partial charge in [0.15, 0.2) is 5.56 Å². The lowest BCUT2D eigenvalue weighted by molar-refractivity contribution is -0.385. The fourth-order valence-corrected chi connectivity index (χ4v) is 2.00. The standard InChI is InChI=1S/C11H8N2O5S/c14-11(15)10-7(13(16)17)2-1-3-8(10)18-6-9-12-4-5-19-9/h1-5H,6H2,(H,14,15). The molecular weight excluding hydrogens is 272 g/mol. The molecule has 8 heteroatoms. The van der Waals surface area contributed by atoms with Crippen molar-refractivity contribution in [1.29, 1.82) is 0 Å². The molecule has 0 spiro atoms. The van der Waals surface area contributed by atoms with E-state index in [2.05, 4.69) is 4.98 Å². The van der Waals surface area contributed by atoms with Crippen LogP contribution in [0.25, 0.3) is 0 Å². The van der Waals surface area contributed by atoms with Crippen molar-refractivity contribution >= 4 is 23.0 Å². The molecule has 1 N–H and O–H groups in total. The van der Waals surface area contributed by atoms with Crippen LogP contribution in [0, 0.1) is 10.1 Å². The quantitative estimate of drug-likeness (QED) is 0.666. The first kappa shape index (κ1) is 13.0. The number of hydrogen-bond acceptors (Lipinski definition) is 6. The molecule has 1 aromatic heterocycles. The van der Waals surface area contributed by atoms with E-state index >= 15 is 0 Å². The molecule has 19 heavy (non-hydrogen) atoms. The summed E-state index contributed by atoms with van der Waals surface area (Å²) in [7, 11) is 0. The Labute approximate surface area is 111 Å². The van der Waals surface area contributed by atoms with Gasteiger partial charge < -0.3 is 9.84 Å². The minimum Gasteiger partial charge on any atom is -0.485 e. The molecule has 1 heterocycles. The fraction of sp³-hybridized carbons (Fsp3) is 0.0909. The van der Waals surface area contributed by atoms with Gasteiger partial charge in [-0.05, 0) is 6.07 Å². The summed E-state index contributed by atoms with van der Waals surface area (Å²) in [5.74, 6) is -1.45. The molecule has 0 bridgehead atoms. The summed E-state index contributed by atoms with van der Waals surface area (Å²) in [6.07, 6.45) is 1.59. The Hall–Kier alpha value is -2.48. The zero-order valence-electron chi connectivity index (χ0n) is 9.48. The Morgan fingerprint density at radius 2 is 2.32 bits per heavy atom. The molecule has 0 saturated carbocycles. The van der Waals surface area contributed by atoms with E-state index in [1.165, 1.54) is 23.5 Å². The van der Waals surface area contributed by atoms with Gasteiger partial charge in [-0.15, -0.1) is 11.3 Å². The maximum atomic E-state index is 11.1. The Morgan fingerprint density at radius 1 is 1.53 bits per heavy atom. The lowest BCUT2D eigenvalue weighted by Crippen LogP contribution is -2.07. The average molecular weight is 280 g/mol. The Kier molecular flexibility index (Phi) is 3.71. The summed E-state index contributed by atoms with van der Waals surface area (Å²) in [6, 6.07) is 3.88. The number of rotatable bonds is 5. The average Bonchev–Trinajstić information content (AvgIpc) is 2.88. The van der Waals surface area contributed by atoms with Gasteiger partial charge in [0.2, 0.25) is 0 Å². The molecule has 2 aromatic rings. The molecule has 98 valence electrons. The van der Waals surface area contributed by atoms with Gasteiger partial charge in [0.25, 0.3) is 5.69 Å². The van der Waals surface area contributed by atoms with Crippen molar-refractivity contribution in [3.63, 3.8) is 0 Å². The first-order valence-corrected chi connectivity index (χ1v) is 5.99. The first-order valence-electron chi connectivity index (χ1n) is 5.11. The van der Waals surface area contributed by atoms with E-state index in [9.17, 15) is 14.9 Å². The van der Waals surface area contributed by atoms with Crippen LogP contribution in [-0.2, 0) is 6.61 Å². The van der Waals surface area contributed by atoms with E-state index in [1.54, 1.807) is 11.6 Å². The van der Waals surface area contributed by atoms with Crippen molar-refractivity contribution in [2.45, 2.75) is 6.61 Å². The number of benzene rings is 1. The third-order valence-corrected chi connectivity index (χ3v) is 3.00. The molecule has 7 nitrogen and oxygen atoms in total. The lowest BCUT2D eigenvalue weighted by atomic mass is 10.1. The van der Waals surface area contributed by atoms with Crippen LogP contribution < -0.4 is 4.74 Å². The molecule has 0 aliphatic carbocycles. The second-order valence-corrected chi connectivity index (χ2v) is 4.41. The highest BCUT2D eigenvalue weighted by atomic mass is 32.1. The largest absolute Gasteiger partial charge is 0.485 e. The summed E-state index contributed by atoms with van der Waals surface area (Å²) < 4.78 is 5.30. The maximum absolute atomic E-state index is 11.1. The predicted molar refractivity (Wildman–Crippen MR) is 66.5 cm³/mol. The number of carboxylic acid groups (broad SMARTS) is 1. The second-order valence-electron chi connectivity index (χ2n) is 3.43. The first-order chi connectivity index (χ1) is 9.09. The smallest absolute Gasteiger partial charge is 0.346 e.